The fourth-order valence-electron chi connectivity index (χ4n) is 4.31. The van der Waals surface area contributed by atoms with Crippen molar-refractivity contribution in [3.8, 4) is 0 Å². The van der Waals surface area contributed by atoms with Crippen molar-refractivity contribution in [2.45, 2.75) is 13.0 Å². The van der Waals surface area contributed by atoms with Crippen molar-refractivity contribution in [3.63, 3.8) is 0 Å². The van der Waals surface area contributed by atoms with Crippen LogP contribution in [0.25, 0.3) is 5.65 Å². The zero-order valence-corrected chi connectivity index (χ0v) is 18.9. The summed E-state index contributed by atoms with van der Waals surface area (Å²) in [7, 11) is 1.84. The number of amides is 1. The van der Waals surface area contributed by atoms with Crippen LogP contribution >= 0.6 is 11.6 Å². The zero-order chi connectivity index (χ0) is 22.1. The van der Waals surface area contributed by atoms with Crippen molar-refractivity contribution in [2.75, 3.05) is 56.1 Å². The van der Waals surface area contributed by atoms with E-state index in [1.54, 1.807) is 11.1 Å². The molecule has 1 amide bonds. The quantitative estimate of drug-likeness (QED) is 0.628. The first-order valence-electron chi connectivity index (χ1n) is 11.0. The molecular formula is C22H27ClN8O. The summed E-state index contributed by atoms with van der Waals surface area (Å²) in [6, 6.07) is 5.88. The normalized spacial score (nSPS) is 17.3. The van der Waals surface area contributed by atoms with E-state index in [9.17, 15) is 4.79 Å². The summed E-state index contributed by atoms with van der Waals surface area (Å²) >= 11 is 6.41. The number of hydrogen-bond acceptors (Lipinski definition) is 7. The van der Waals surface area contributed by atoms with E-state index in [2.05, 4.69) is 25.1 Å². The van der Waals surface area contributed by atoms with Crippen molar-refractivity contribution in [1.82, 2.24) is 29.6 Å². The summed E-state index contributed by atoms with van der Waals surface area (Å²) in [5.41, 5.74) is 1.87. The molecule has 2 aliphatic heterocycles. The Bertz CT molecular complexity index is 1100. The fraction of sp³-hybridized carbons (Fsp3) is 0.455. The second kappa shape index (κ2) is 8.91. The molecule has 0 bridgehead atoms. The first-order valence-corrected chi connectivity index (χ1v) is 11.4. The monoisotopic (exact) mass is 454 g/mol. The Morgan fingerprint density at radius 1 is 1.19 bits per heavy atom. The molecule has 2 aliphatic rings. The van der Waals surface area contributed by atoms with E-state index < -0.39 is 0 Å². The largest absolute Gasteiger partial charge is 0.353 e. The highest BCUT2D eigenvalue weighted by atomic mass is 35.5. The molecule has 10 heteroatoms. The summed E-state index contributed by atoms with van der Waals surface area (Å²) in [6.07, 6.45) is 6.52. The van der Waals surface area contributed by atoms with Crippen LogP contribution in [0, 0.1) is 5.92 Å². The number of aromatic nitrogens is 4. The molecule has 0 atom stereocenters. The summed E-state index contributed by atoms with van der Waals surface area (Å²) < 4.78 is 2.01. The highest BCUT2D eigenvalue weighted by Gasteiger charge is 2.36. The van der Waals surface area contributed by atoms with Crippen LogP contribution in [0.1, 0.15) is 12.1 Å². The van der Waals surface area contributed by atoms with E-state index >= 15 is 0 Å². The van der Waals surface area contributed by atoms with Crippen LogP contribution in [0.2, 0.25) is 5.02 Å². The Hall–Kier alpha value is -2.91. The molecule has 5 heterocycles. The van der Waals surface area contributed by atoms with Gasteiger partial charge in [-0.15, -0.1) is 0 Å². The molecule has 1 N–H and O–H groups in total. The Morgan fingerprint density at radius 3 is 2.94 bits per heavy atom. The summed E-state index contributed by atoms with van der Waals surface area (Å²) in [5.74, 6) is 1.46. The highest BCUT2D eigenvalue weighted by Crippen LogP contribution is 2.31. The Kier molecular flexibility index (Phi) is 5.84. The van der Waals surface area contributed by atoms with Crippen LogP contribution in [-0.4, -0.2) is 76.5 Å². The summed E-state index contributed by atoms with van der Waals surface area (Å²) in [5, 5.41) is 3.91. The average Bonchev–Trinajstić information content (AvgIpc) is 2.98. The van der Waals surface area contributed by atoms with Crippen molar-refractivity contribution >= 4 is 34.9 Å². The molecule has 0 unspecified atom stereocenters. The van der Waals surface area contributed by atoms with E-state index in [1.807, 2.05) is 42.0 Å². The first kappa shape index (κ1) is 21.0. The number of halogens is 1. The maximum Gasteiger partial charge on any atom is 0.229 e. The second-order valence-electron chi connectivity index (χ2n) is 8.41. The van der Waals surface area contributed by atoms with Crippen LogP contribution in [0.5, 0.6) is 0 Å². The Labute approximate surface area is 192 Å². The highest BCUT2D eigenvalue weighted by molar-refractivity contribution is 6.32. The lowest BCUT2D eigenvalue weighted by Crippen LogP contribution is -2.54. The molecular weight excluding hydrogens is 428 g/mol. The van der Waals surface area contributed by atoms with Crippen LogP contribution < -0.4 is 15.1 Å². The minimum absolute atomic E-state index is 0.0731. The number of carbonyl (C=O) groups excluding carboxylic acids is 1. The molecule has 3 aromatic heterocycles. The number of pyridine rings is 1. The topological polar surface area (TPSA) is 81.9 Å². The molecule has 0 spiro atoms. The zero-order valence-electron chi connectivity index (χ0n) is 18.1. The van der Waals surface area contributed by atoms with Gasteiger partial charge in [-0.1, -0.05) is 17.7 Å². The number of fused-ring (bicyclic) bond motifs is 1. The molecule has 9 nitrogen and oxygen atoms in total. The number of rotatable bonds is 5. The maximum absolute atomic E-state index is 13.0. The molecule has 32 heavy (non-hydrogen) atoms. The number of imidazole rings is 1. The van der Waals surface area contributed by atoms with E-state index in [-0.39, 0.29) is 11.8 Å². The molecule has 0 radical (unpaired) electrons. The van der Waals surface area contributed by atoms with Crippen LogP contribution in [-0.2, 0) is 11.3 Å². The molecule has 3 aromatic rings. The van der Waals surface area contributed by atoms with Gasteiger partial charge in [0.05, 0.1) is 30.6 Å². The number of nitrogens with zero attached hydrogens (tertiary/aromatic N) is 7. The Balaban J connectivity index is 1.22. The second-order valence-corrected chi connectivity index (χ2v) is 8.81. The van der Waals surface area contributed by atoms with E-state index in [1.165, 1.54) is 0 Å². The van der Waals surface area contributed by atoms with Crippen molar-refractivity contribution in [3.05, 3.63) is 47.5 Å². The third-order valence-corrected chi connectivity index (χ3v) is 6.40. The van der Waals surface area contributed by atoms with Gasteiger partial charge in [-0.2, -0.15) is 4.98 Å². The first-order chi connectivity index (χ1) is 15.6. The molecule has 0 aliphatic carbocycles. The summed E-state index contributed by atoms with van der Waals surface area (Å²) in [4.78, 5) is 32.6. The van der Waals surface area contributed by atoms with Gasteiger partial charge in [-0.05, 0) is 25.1 Å². The van der Waals surface area contributed by atoms with E-state index in [0.717, 1.165) is 43.9 Å². The van der Waals surface area contributed by atoms with Gasteiger partial charge in [0.15, 0.2) is 5.82 Å². The van der Waals surface area contributed by atoms with Crippen molar-refractivity contribution < 1.29 is 4.79 Å². The number of nitrogens with one attached hydrogen (secondary N) is 1. The van der Waals surface area contributed by atoms with Crippen molar-refractivity contribution in [1.29, 1.82) is 0 Å². The maximum atomic E-state index is 13.0. The molecule has 168 valence electrons. The lowest BCUT2D eigenvalue weighted by molar-refractivity contribution is -0.135. The predicted octanol–water partition coefficient (Wildman–Crippen LogP) is 1.67. The Morgan fingerprint density at radius 2 is 2.06 bits per heavy atom. The van der Waals surface area contributed by atoms with Gasteiger partial charge in [0.2, 0.25) is 11.9 Å². The van der Waals surface area contributed by atoms with Crippen LogP contribution in [0.3, 0.4) is 0 Å². The molecule has 2 saturated heterocycles. The minimum Gasteiger partial charge on any atom is -0.353 e. The van der Waals surface area contributed by atoms with Gasteiger partial charge in [-0.3, -0.25) is 4.79 Å². The molecule has 0 saturated carbocycles. The molecule has 5 rings (SSSR count). The smallest absolute Gasteiger partial charge is 0.229 e. The van der Waals surface area contributed by atoms with Crippen molar-refractivity contribution in [2.24, 2.45) is 5.92 Å². The lowest BCUT2D eigenvalue weighted by Gasteiger charge is -2.41. The number of hydrogen-bond donors (Lipinski definition) is 1. The van der Waals surface area contributed by atoms with Gasteiger partial charge < -0.3 is 24.4 Å². The third kappa shape index (κ3) is 4.10. The van der Waals surface area contributed by atoms with Gasteiger partial charge in [0.25, 0.3) is 0 Å². The molecule has 2 fully saturated rings. The lowest BCUT2D eigenvalue weighted by atomic mass is 9.98. The minimum atomic E-state index is -0.0731. The fourth-order valence-corrected chi connectivity index (χ4v) is 4.52. The van der Waals surface area contributed by atoms with E-state index in [0.29, 0.717) is 36.4 Å². The number of anilines is 2. The van der Waals surface area contributed by atoms with E-state index in [4.69, 9.17) is 16.6 Å². The van der Waals surface area contributed by atoms with Gasteiger partial charge in [-0.25, -0.2) is 9.97 Å². The van der Waals surface area contributed by atoms with Crippen LogP contribution in [0.4, 0.5) is 11.8 Å². The SMILES string of the molecule is CN(Cc1cnc2ccccn12)C(=O)C1CN(c2nc(N3CCCNCC3)ncc2Cl)C1. The third-order valence-electron chi connectivity index (χ3n) is 6.14. The van der Waals surface area contributed by atoms with Gasteiger partial charge in [0.1, 0.15) is 10.7 Å². The predicted molar refractivity (Wildman–Crippen MR) is 124 cm³/mol. The number of carbonyl (C=O) groups is 1. The average molecular weight is 455 g/mol. The standard InChI is InChI=1S/C22H27ClN8O/c1-28(15-17-11-25-19-5-2-3-9-31(17)19)21(32)16-13-30(14-16)20-18(23)12-26-22(27-20)29-8-4-6-24-7-10-29/h2-3,5,9,11-12,16,24H,4,6-8,10,13-15H2,1H3. The molecule has 0 aromatic carbocycles. The van der Waals surface area contributed by atoms with Gasteiger partial charge in [0, 0.05) is 46.0 Å². The summed E-state index contributed by atoms with van der Waals surface area (Å²) in [6.45, 7) is 5.44. The van der Waals surface area contributed by atoms with Gasteiger partial charge >= 0.3 is 0 Å². The van der Waals surface area contributed by atoms with Crippen LogP contribution in [0.15, 0.2) is 36.8 Å².